The van der Waals surface area contributed by atoms with Crippen LogP contribution in [-0.2, 0) is 0 Å². The first-order valence-corrected chi connectivity index (χ1v) is 6.44. The summed E-state index contributed by atoms with van der Waals surface area (Å²) in [5, 5.41) is 8.86. The van der Waals surface area contributed by atoms with E-state index in [0.29, 0.717) is 5.32 Å². The van der Waals surface area contributed by atoms with Crippen LogP contribution < -0.4 is 0 Å². The standard InChI is InChI=1S/C10H6BrNSe/c11-10-3-1-9(2-4-10)5-7-13-8-6-12/h1-4H,8H2. The van der Waals surface area contributed by atoms with Crippen molar-refractivity contribution in [2.45, 2.75) is 5.32 Å². The van der Waals surface area contributed by atoms with E-state index < -0.39 is 0 Å². The third-order valence-electron chi connectivity index (χ3n) is 1.25. The Morgan fingerprint density at radius 2 is 2.00 bits per heavy atom. The minimum atomic E-state index is 0.141. The molecule has 0 unspecified atom stereocenters. The van der Waals surface area contributed by atoms with Gasteiger partial charge in [-0.25, -0.2) is 0 Å². The average molecular weight is 299 g/mol. The molecule has 0 heterocycles. The number of hydrogen-bond acceptors (Lipinski definition) is 1. The van der Waals surface area contributed by atoms with E-state index in [1.165, 1.54) is 0 Å². The summed E-state index contributed by atoms with van der Waals surface area (Å²) in [6, 6.07) is 9.92. The Hall–Kier alpha value is -0.731. The second kappa shape index (κ2) is 5.84. The molecule has 0 aromatic heterocycles. The number of halogens is 1. The Bertz CT molecular complexity index is 367. The molecular formula is C10H6BrNSe. The van der Waals surface area contributed by atoms with E-state index in [0.717, 1.165) is 10.0 Å². The molecule has 0 N–H and O–H groups in total. The van der Waals surface area contributed by atoms with Gasteiger partial charge in [0.2, 0.25) is 0 Å². The third-order valence-corrected chi connectivity index (χ3v) is 2.87. The van der Waals surface area contributed by atoms with Gasteiger partial charge in [0.25, 0.3) is 0 Å². The van der Waals surface area contributed by atoms with Gasteiger partial charge in [-0.15, -0.1) is 0 Å². The van der Waals surface area contributed by atoms with Gasteiger partial charge < -0.3 is 0 Å². The summed E-state index contributed by atoms with van der Waals surface area (Å²) in [5.74, 6) is 3.01. The Kier molecular flexibility index (Phi) is 4.65. The quantitative estimate of drug-likeness (QED) is 0.444. The molecule has 0 atom stereocenters. The summed E-state index contributed by atoms with van der Waals surface area (Å²) in [5.41, 5.74) is 1.00. The average Bonchev–Trinajstić information content (AvgIpc) is 2.15. The van der Waals surface area contributed by atoms with E-state index in [2.05, 4.69) is 32.7 Å². The topological polar surface area (TPSA) is 23.8 Å². The molecule has 1 aromatic carbocycles. The molecule has 1 aromatic rings. The molecule has 1 nitrogen and oxygen atoms in total. The van der Waals surface area contributed by atoms with Gasteiger partial charge in [-0.1, -0.05) is 0 Å². The van der Waals surface area contributed by atoms with Crippen LogP contribution in [0.3, 0.4) is 0 Å². The molecule has 1 rings (SSSR count). The van der Waals surface area contributed by atoms with Crippen LogP contribution >= 0.6 is 15.9 Å². The molecule has 0 saturated carbocycles. The predicted molar refractivity (Wildman–Crippen MR) is 57.2 cm³/mol. The molecule has 0 aliphatic rings. The Balaban J connectivity index is 2.58. The number of rotatable bonds is 1. The van der Waals surface area contributed by atoms with E-state index in [9.17, 15) is 0 Å². The molecule has 0 aliphatic heterocycles. The van der Waals surface area contributed by atoms with Crippen molar-refractivity contribution in [1.82, 2.24) is 0 Å². The van der Waals surface area contributed by atoms with Crippen LogP contribution in [0.5, 0.6) is 0 Å². The molecular weight excluding hydrogens is 293 g/mol. The molecule has 0 spiro atoms. The van der Waals surface area contributed by atoms with Crippen LogP contribution in [0.2, 0.25) is 5.32 Å². The maximum atomic E-state index is 8.29. The van der Waals surface area contributed by atoms with Crippen molar-refractivity contribution >= 4 is 30.9 Å². The van der Waals surface area contributed by atoms with Crippen LogP contribution in [0.15, 0.2) is 28.7 Å². The van der Waals surface area contributed by atoms with Crippen LogP contribution in [0.4, 0.5) is 0 Å². The van der Waals surface area contributed by atoms with Crippen molar-refractivity contribution in [2.24, 2.45) is 0 Å². The SMILES string of the molecule is N#CC[Se]C#Cc1ccc(Br)cc1. The second-order valence-corrected chi connectivity index (χ2v) is 4.74. The van der Waals surface area contributed by atoms with Crippen LogP contribution in [0.1, 0.15) is 5.56 Å². The van der Waals surface area contributed by atoms with Crippen molar-refractivity contribution in [3.05, 3.63) is 34.3 Å². The van der Waals surface area contributed by atoms with E-state index in [4.69, 9.17) is 5.26 Å². The summed E-state index contributed by atoms with van der Waals surface area (Å²) in [6.45, 7) is 0. The summed E-state index contributed by atoms with van der Waals surface area (Å²) in [7, 11) is 0. The molecule has 13 heavy (non-hydrogen) atoms. The fraction of sp³-hybridized carbons (Fsp3) is 0.100. The van der Waals surface area contributed by atoms with E-state index >= 15 is 0 Å². The first kappa shape index (κ1) is 10.4. The zero-order valence-corrected chi connectivity index (χ0v) is 10.0. The third kappa shape index (κ3) is 4.15. The summed E-state index contributed by atoms with van der Waals surface area (Å²) >= 11 is 3.49. The zero-order chi connectivity index (χ0) is 9.52. The fourth-order valence-corrected chi connectivity index (χ4v) is 1.65. The molecule has 3 heteroatoms. The van der Waals surface area contributed by atoms with Crippen LogP contribution in [0, 0.1) is 22.1 Å². The van der Waals surface area contributed by atoms with E-state index in [-0.39, 0.29) is 15.0 Å². The predicted octanol–water partition coefficient (Wildman–Crippen LogP) is 2.40. The van der Waals surface area contributed by atoms with Gasteiger partial charge in [0, 0.05) is 0 Å². The van der Waals surface area contributed by atoms with Gasteiger partial charge in [0.15, 0.2) is 0 Å². The van der Waals surface area contributed by atoms with Crippen LogP contribution in [0.25, 0.3) is 0 Å². The molecule has 0 aliphatic carbocycles. The Labute approximate surface area is 92.4 Å². The van der Waals surface area contributed by atoms with Crippen molar-refractivity contribution < 1.29 is 0 Å². The zero-order valence-electron chi connectivity index (χ0n) is 6.75. The first-order chi connectivity index (χ1) is 6.33. The molecule has 0 saturated heterocycles. The maximum absolute atomic E-state index is 8.29. The number of nitriles is 1. The number of nitrogens with zero attached hydrogens (tertiary/aromatic N) is 1. The molecule has 0 radical (unpaired) electrons. The monoisotopic (exact) mass is 299 g/mol. The van der Waals surface area contributed by atoms with Gasteiger partial charge >= 0.3 is 92.6 Å². The van der Waals surface area contributed by atoms with Crippen molar-refractivity contribution in [3.63, 3.8) is 0 Å². The van der Waals surface area contributed by atoms with Crippen molar-refractivity contribution in [2.75, 3.05) is 0 Å². The molecule has 0 bridgehead atoms. The van der Waals surface area contributed by atoms with Crippen molar-refractivity contribution in [1.29, 1.82) is 5.26 Å². The van der Waals surface area contributed by atoms with E-state index in [1.54, 1.807) is 0 Å². The van der Waals surface area contributed by atoms with Gasteiger partial charge in [-0.2, -0.15) is 0 Å². The summed E-state index contributed by atoms with van der Waals surface area (Å²) < 4.78 is 1.06. The number of hydrogen-bond donors (Lipinski definition) is 0. The Morgan fingerprint density at radius 1 is 1.31 bits per heavy atom. The molecule has 0 fully saturated rings. The van der Waals surface area contributed by atoms with Gasteiger partial charge in [-0.3, -0.25) is 0 Å². The summed E-state index contributed by atoms with van der Waals surface area (Å²) in [4.78, 5) is 3.00. The minimum absolute atomic E-state index is 0.141. The molecule has 0 amide bonds. The van der Waals surface area contributed by atoms with Gasteiger partial charge in [-0.05, 0) is 0 Å². The van der Waals surface area contributed by atoms with Crippen molar-refractivity contribution in [3.8, 4) is 16.8 Å². The fourth-order valence-electron chi connectivity index (χ4n) is 0.697. The molecule has 64 valence electrons. The van der Waals surface area contributed by atoms with Crippen LogP contribution in [-0.4, -0.2) is 15.0 Å². The van der Waals surface area contributed by atoms with Gasteiger partial charge in [0.05, 0.1) is 0 Å². The Morgan fingerprint density at radius 3 is 2.62 bits per heavy atom. The normalized spacial score (nSPS) is 8.31. The second-order valence-electron chi connectivity index (χ2n) is 2.18. The number of benzene rings is 1. The van der Waals surface area contributed by atoms with E-state index in [1.807, 2.05) is 24.3 Å². The summed E-state index contributed by atoms with van der Waals surface area (Å²) in [6.07, 6.45) is 0. The van der Waals surface area contributed by atoms with Gasteiger partial charge in [0.1, 0.15) is 0 Å². The first-order valence-electron chi connectivity index (χ1n) is 3.58.